The fourth-order valence-electron chi connectivity index (χ4n) is 2.46. The minimum Gasteiger partial charge on any atom is -0.496 e. The molecular formula is C15H24ClNO. The number of rotatable bonds is 7. The molecule has 102 valence electrons. The summed E-state index contributed by atoms with van der Waals surface area (Å²) < 4.78 is 5.47. The Labute approximate surface area is 116 Å². The summed E-state index contributed by atoms with van der Waals surface area (Å²) in [6.45, 7) is 7.54. The topological polar surface area (TPSA) is 21.3 Å². The van der Waals surface area contributed by atoms with E-state index in [-0.39, 0.29) is 0 Å². The summed E-state index contributed by atoms with van der Waals surface area (Å²) in [5, 5.41) is 4.33. The highest BCUT2D eigenvalue weighted by Crippen LogP contribution is 2.35. The first kappa shape index (κ1) is 15.3. The summed E-state index contributed by atoms with van der Waals surface area (Å²) in [5.41, 5.74) is 1.17. The summed E-state index contributed by atoms with van der Waals surface area (Å²) in [5.74, 6) is 1.51. The van der Waals surface area contributed by atoms with Crippen LogP contribution in [0.4, 0.5) is 0 Å². The predicted molar refractivity (Wildman–Crippen MR) is 78.5 cm³/mol. The van der Waals surface area contributed by atoms with Crippen molar-refractivity contribution in [3.8, 4) is 5.75 Å². The quantitative estimate of drug-likeness (QED) is 0.790. The predicted octanol–water partition coefficient (Wildman–Crippen LogP) is 4.44. The zero-order valence-electron chi connectivity index (χ0n) is 11.8. The van der Waals surface area contributed by atoms with Gasteiger partial charge in [-0.25, -0.2) is 0 Å². The van der Waals surface area contributed by atoms with Gasteiger partial charge in [0.2, 0.25) is 0 Å². The maximum Gasteiger partial charge on any atom is 0.123 e. The Bertz CT molecular complexity index is 364. The molecule has 1 aromatic carbocycles. The van der Waals surface area contributed by atoms with E-state index in [1.54, 1.807) is 7.11 Å². The molecule has 3 heteroatoms. The third kappa shape index (κ3) is 3.63. The van der Waals surface area contributed by atoms with Crippen molar-refractivity contribution in [1.82, 2.24) is 5.32 Å². The molecule has 0 saturated heterocycles. The van der Waals surface area contributed by atoms with Crippen LogP contribution in [0.2, 0.25) is 5.02 Å². The second kappa shape index (κ2) is 7.65. The lowest BCUT2D eigenvalue weighted by atomic mass is 9.88. The molecule has 0 aliphatic carbocycles. The molecule has 1 N–H and O–H groups in total. The molecule has 0 saturated carbocycles. The fourth-order valence-corrected chi connectivity index (χ4v) is 2.64. The van der Waals surface area contributed by atoms with Gasteiger partial charge in [-0.3, -0.25) is 0 Å². The number of halogens is 1. The van der Waals surface area contributed by atoms with E-state index in [0.29, 0.717) is 12.0 Å². The van der Waals surface area contributed by atoms with Crippen LogP contribution < -0.4 is 10.1 Å². The van der Waals surface area contributed by atoms with Gasteiger partial charge < -0.3 is 10.1 Å². The number of hydrogen-bond acceptors (Lipinski definition) is 2. The van der Waals surface area contributed by atoms with Gasteiger partial charge >= 0.3 is 0 Å². The molecule has 0 amide bonds. The molecule has 1 unspecified atom stereocenters. The Hall–Kier alpha value is -0.730. The van der Waals surface area contributed by atoms with Crippen LogP contribution in [0, 0.1) is 5.92 Å². The normalized spacial score (nSPS) is 12.8. The fraction of sp³-hybridized carbons (Fsp3) is 0.600. The Morgan fingerprint density at radius 3 is 2.39 bits per heavy atom. The number of methoxy groups -OCH3 is 1. The van der Waals surface area contributed by atoms with Crippen LogP contribution in [-0.4, -0.2) is 13.7 Å². The number of hydrogen-bond donors (Lipinski definition) is 1. The highest BCUT2D eigenvalue weighted by atomic mass is 35.5. The van der Waals surface area contributed by atoms with Gasteiger partial charge in [0.05, 0.1) is 7.11 Å². The Balaban J connectivity index is 3.14. The van der Waals surface area contributed by atoms with Crippen molar-refractivity contribution >= 4 is 11.6 Å². The maximum absolute atomic E-state index is 6.13. The van der Waals surface area contributed by atoms with Gasteiger partial charge in [-0.05, 0) is 30.7 Å². The average Bonchev–Trinajstić information content (AvgIpc) is 2.39. The smallest absolute Gasteiger partial charge is 0.123 e. The molecule has 0 aliphatic heterocycles. The maximum atomic E-state index is 6.13. The van der Waals surface area contributed by atoms with E-state index in [9.17, 15) is 0 Å². The molecular weight excluding hydrogens is 246 g/mol. The van der Waals surface area contributed by atoms with E-state index in [4.69, 9.17) is 16.3 Å². The third-order valence-corrected chi connectivity index (χ3v) is 3.71. The lowest BCUT2D eigenvalue weighted by molar-refractivity contribution is 0.330. The molecule has 0 radical (unpaired) electrons. The summed E-state index contributed by atoms with van der Waals surface area (Å²) in [6, 6.07) is 6.15. The van der Waals surface area contributed by atoms with E-state index in [0.717, 1.165) is 30.2 Å². The Kier molecular flexibility index (Phi) is 6.51. The second-order valence-electron chi connectivity index (χ2n) is 4.50. The van der Waals surface area contributed by atoms with Crippen molar-refractivity contribution in [3.05, 3.63) is 28.8 Å². The summed E-state index contributed by atoms with van der Waals surface area (Å²) >= 11 is 6.13. The van der Waals surface area contributed by atoms with Crippen LogP contribution in [0.5, 0.6) is 5.75 Å². The van der Waals surface area contributed by atoms with Crippen molar-refractivity contribution in [2.24, 2.45) is 5.92 Å². The molecule has 0 bridgehead atoms. The molecule has 1 aromatic rings. The lowest BCUT2D eigenvalue weighted by Crippen LogP contribution is -2.28. The van der Waals surface area contributed by atoms with Crippen molar-refractivity contribution in [2.45, 2.75) is 39.7 Å². The van der Waals surface area contributed by atoms with E-state index >= 15 is 0 Å². The summed E-state index contributed by atoms with van der Waals surface area (Å²) in [4.78, 5) is 0. The monoisotopic (exact) mass is 269 g/mol. The molecule has 2 nitrogen and oxygen atoms in total. The summed E-state index contributed by atoms with van der Waals surface area (Å²) in [6.07, 6.45) is 2.29. The van der Waals surface area contributed by atoms with Crippen LogP contribution in [0.25, 0.3) is 0 Å². The van der Waals surface area contributed by atoms with E-state index < -0.39 is 0 Å². The van der Waals surface area contributed by atoms with E-state index in [2.05, 4.69) is 26.1 Å². The zero-order chi connectivity index (χ0) is 13.5. The van der Waals surface area contributed by atoms with E-state index in [1.165, 1.54) is 5.56 Å². The first-order chi connectivity index (χ1) is 8.67. The van der Waals surface area contributed by atoms with Crippen LogP contribution in [0.15, 0.2) is 18.2 Å². The minimum atomic E-state index is 0.304. The van der Waals surface area contributed by atoms with Crippen LogP contribution in [0.3, 0.4) is 0 Å². The standard InChI is InChI=1S/C15H24ClNO/c1-5-11(6-2)15(17-7-3)13-10-12(16)8-9-14(13)18-4/h8-11,15,17H,5-7H2,1-4H3. The molecule has 1 atom stereocenters. The van der Waals surface area contributed by atoms with Gasteiger partial charge in [0.1, 0.15) is 5.75 Å². The van der Waals surface area contributed by atoms with Gasteiger partial charge in [-0.15, -0.1) is 0 Å². The SMILES string of the molecule is CCNC(c1cc(Cl)ccc1OC)C(CC)CC. The van der Waals surface area contributed by atoms with Crippen LogP contribution in [0.1, 0.15) is 45.2 Å². The van der Waals surface area contributed by atoms with Crippen molar-refractivity contribution in [3.63, 3.8) is 0 Å². The molecule has 0 fully saturated rings. The highest BCUT2D eigenvalue weighted by Gasteiger charge is 2.22. The van der Waals surface area contributed by atoms with Crippen LogP contribution >= 0.6 is 11.6 Å². The minimum absolute atomic E-state index is 0.304. The molecule has 1 rings (SSSR count). The first-order valence-electron chi connectivity index (χ1n) is 6.74. The Morgan fingerprint density at radius 1 is 1.22 bits per heavy atom. The average molecular weight is 270 g/mol. The molecule has 0 spiro atoms. The van der Waals surface area contributed by atoms with Gasteiger partial charge in [0, 0.05) is 16.6 Å². The lowest BCUT2D eigenvalue weighted by Gasteiger charge is -2.28. The van der Waals surface area contributed by atoms with Crippen molar-refractivity contribution < 1.29 is 4.74 Å². The number of nitrogens with one attached hydrogen (secondary N) is 1. The van der Waals surface area contributed by atoms with Gasteiger partial charge in [0.15, 0.2) is 0 Å². The first-order valence-corrected chi connectivity index (χ1v) is 7.12. The van der Waals surface area contributed by atoms with Gasteiger partial charge in [-0.1, -0.05) is 45.2 Å². The molecule has 0 heterocycles. The highest BCUT2D eigenvalue weighted by molar-refractivity contribution is 6.30. The summed E-state index contributed by atoms with van der Waals surface area (Å²) in [7, 11) is 1.71. The third-order valence-electron chi connectivity index (χ3n) is 3.47. The number of ether oxygens (including phenoxy) is 1. The second-order valence-corrected chi connectivity index (χ2v) is 4.93. The van der Waals surface area contributed by atoms with Crippen LogP contribution in [-0.2, 0) is 0 Å². The number of benzene rings is 1. The molecule has 0 aromatic heterocycles. The van der Waals surface area contributed by atoms with E-state index in [1.807, 2.05) is 18.2 Å². The Morgan fingerprint density at radius 2 is 1.89 bits per heavy atom. The van der Waals surface area contributed by atoms with Gasteiger partial charge in [-0.2, -0.15) is 0 Å². The molecule has 0 aliphatic rings. The largest absolute Gasteiger partial charge is 0.496 e. The van der Waals surface area contributed by atoms with Gasteiger partial charge in [0.25, 0.3) is 0 Å². The zero-order valence-corrected chi connectivity index (χ0v) is 12.6. The van der Waals surface area contributed by atoms with Crippen molar-refractivity contribution in [2.75, 3.05) is 13.7 Å². The van der Waals surface area contributed by atoms with Crippen molar-refractivity contribution in [1.29, 1.82) is 0 Å². The molecule has 18 heavy (non-hydrogen) atoms.